The maximum atomic E-state index is 9.88. The summed E-state index contributed by atoms with van der Waals surface area (Å²) in [6, 6.07) is 21.4. The molecule has 164 valence electrons. The Bertz CT molecular complexity index is 1130. The Labute approximate surface area is 194 Å². The largest absolute Gasteiger partial charge is 0.411 e. The fourth-order valence-corrected chi connectivity index (χ4v) is 6.10. The molecule has 1 N–H and O–H groups in total. The molecule has 32 heavy (non-hydrogen) atoms. The van der Waals surface area contributed by atoms with Gasteiger partial charge in [0.2, 0.25) is 0 Å². The number of benzene rings is 2. The highest BCUT2D eigenvalue weighted by atomic mass is 32.2. The first-order valence-corrected chi connectivity index (χ1v) is 12.3. The molecule has 0 radical (unpaired) electrons. The van der Waals surface area contributed by atoms with Crippen molar-refractivity contribution in [3.05, 3.63) is 94.8 Å². The predicted octanol–water partition coefficient (Wildman–Crippen LogP) is 5.65. The number of rotatable bonds is 6. The van der Waals surface area contributed by atoms with Gasteiger partial charge >= 0.3 is 0 Å². The normalized spacial score (nSPS) is 18.2. The third-order valence-electron chi connectivity index (χ3n) is 6.84. The zero-order valence-corrected chi connectivity index (χ0v) is 19.5. The number of aromatic nitrogens is 1. The molecule has 3 heterocycles. The molecule has 0 amide bonds. The van der Waals surface area contributed by atoms with E-state index in [-0.39, 0.29) is 5.92 Å². The molecule has 3 aromatic rings. The summed E-state index contributed by atoms with van der Waals surface area (Å²) in [5, 5.41) is 13.6. The minimum atomic E-state index is 0.107. The molecule has 0 unspecified atom stereocenters. The highest BCUT2D eigenvalue weighted by molar-refractivity contribution is 8.00. The molecule has 2 fully saturated rings. The molecule has 5 rings (SSSR count). The zero-order valence-electron chi connectivity index (χ0n) is 18.7. The van der Waals surface area contributed by atoms with Crippen molar-refractivity contribution in [1.29, 1.82) is 0 Å². The molecular weight excluding hydrogens is 414 g/mol. The lowest BCUT2D eigenvalue weighted by atomic mass is 9.81. The fraction of sp³-hybridized carbons (Fsp3) is 0.333. The number of hydrogen-bond donors (Lipinski definition) is 1. The van der Waals surface area contributed by atoms with E-state index >= 15 is 0 Å². The van der Waals surface area contributed by atoms with E-state index in [1.807, 2.05) is 19.1 Å². The first-order chi connectivity index (χ1) is 15.6. The SMILES string of the molecule is Cc1cc(/C(C[C@H](c2ccc(N3CC4(CSC4)C3)cc2)c2ccccc2C)=N/O)ccn1. The van der Waals surface area contributed by atoms with Crippen LogP contribution in [0.3, 0.4) is 0 Å². The van der Waals surface area contributed by atoms with Crippen molar-refractivity contribution in [2.45, 2.75) is 26.2 Å². The van der Waals surface area contributed by atoms with Crippen LogP contribution in [0.25, 0.3) is 0 Å². The van der Waals surface area contributed by atoms with Gasteiger partial charge in [0.05, 0.1) is 5.71 Å². The molecule has 1 aromatic heterocycles. The van der Waals surface area contributed by atoms with Crippen molar-refractivity contribution in [3.8, 4) is 0 Å². The summed E-state index contributed by atoms with van der Waals surface area (Å²) >= 11 is 2.07. The maximum absolute atomic E-state index is 9.88. The molecule has 2 saturated heterocycles. The summed E-state index contributed by atoms with van der Waals surface area (Å²) in [4.78, 5) is 6.78. The third-order valence-corrected chi connectivity index (χ3v) is 8.47. The number of pyridine rings is 1. The molecular formula is C27H29N3OS. The number of aryl methyl sites for hydroxylation is 2. The van der Waals surface area contributed by atoms with Gasteiger partial charge in [-0.1, -0.05) is 41.6 Å². The summed E-state index contributed by atoms with van der Waals surface area (Å²) in [5.41, 5.74) is 8.16. The minimum Gasteiger partial charge on any atom is -0.411 e. The smallest absolute Gasteiger partial charge is 0.0878 e. The first-order valence-electron chi connectivity index (χ1n) is 11.2. The van der Waals surface area contributed by atoms with Crippen LogP contribution in [0.15, 0.2) is 72.0 Å². The van der Waals surface area contributed by atoms with Gasteiger partial charge in [-0.25, -0.2) is 0 Å². The van der Waals surface area contributed by atoms with E-state index in [4.69, 9.17) is 0 Å². The van der Waals surface area contributed by atoms with E-state index in [0.717, 1.165) is 11.3 Å². The van der Waals surface area contributed by atoms with Crippen LogP contribution in [0.4, 0.5) is 5.69 Å². The highest BCUT2D eigenvalue weighted by Crippen LogP contribution is 2.47. The first kappa shape index (κ1) is 21.1. The van der Waals surface area contributed by atoms with Crippen LogP contribution in [0.2, 0.25) is 0 Å². The van der Waals surface area contributed by atoms with Crippen molar-refractivity contribution >= 4 is 23.2 Å². The molecule has 0 aliphatic carbocycles. The van der Waals surface area contributed by atoms with E-state index in [9.17, 15) is 5.21 Å². The third kappa shape index (κ3) is 4.02. The molecule has 0 saturated carbocycles. The molecule has 1 atom stereocenters. The molecule has 2 aliphatic rings. The topological polar surface area (TPSA) is 48.7 Å². The van der Waals surface area contributed by atoms with Crippen LogP contribution in [0, 0.1) is 19.3 Å². The number of anilines is 1. The van der Waals surface area contributed by atoms with Crippen molar-refractivity contribution in [2.75, 3.05) is 29.5 Å². The Morgan fingerprint density at radius 2 is 1.84 bits per heavy atom. The van der Waals surface area contributed by atoms with Crippen molar-refractivity contribution < 1.29 is 5.21 Å². The van der Waals surface area contributed by atoms with Crippen LogP contribution in [0.5, 0.6) is 0 Å². The van der Waals surface area contributed by atoms with E-state index in [2.05, 4.69) is 82.3 Å². The molecule has 1 spiro atoms. The van der Waals surface area contributed by atoms with Crippen LogP contribution < -0.4 is 4.90 Å². The second-order valence-corrected chi connectivity index (χ2v) is 10.3. The number of oxime groups is 1. The van der Waals surface area contributed by atoms with Crippen LogP contribution in [-0.4, -0.2) is 40.5 Å². The summed E-state index contributed by atoms with van der Waals surface area (Å²) < 4.78 is 0. The van der Waals surface area contributed by atoms with Crippen LogP contribution in [0.1, 0.15) is 40.3 Å². The molecule has 2 aliphatic heterocycles. The van der Waals surface area contributed by atoms with Gasteiger partial charge in [-0.2, -0.15) is 11.8 Å². The van der Waals surface area contributed by atoms with Gasteiger partial charge in [0.15, 0.2) is 0 Å². The predicted molar refractivity (Wildman–Crippen MR) is 133 cm³/mol. The molecule has 5 heteroatoms. The summed E-state index contributed by atoms with van der Waals surface area (Å²) in [5.74, 6) is 2.74. The van der Waals surface area contributed by atoms with Gasteiger partial charge in [0.1, 0.15) is 0 Å². The van der Waals surface area contributed by atoms with E-state index in [0.29, 0.717) is 17.5 Å². The lowest BCUT2D eigenvalue weighted by molar-refractivity contribution is 0.273. The molecule has 2 aromatic carbocycles. The maximum Gasteiger partial charge on any atom is 0.0878 e. The summed E-state index contributed by atoms with van der Waals surface area (Å²) in [7, 11) is 0. The average molecular weight is 444 g/mol. The van der Waals surface area contributed by atoms with Gasteiger partial charge in [0.25, 0.3) is 0 Å². The van der Waals surface area contributed by atoms with Crippen molar-refractivity contribution in [2.24, 2.45) is 10.6 Å². The van der Waals surface area contributed by atoms with E-state index in [1.165, 1.54) is 47.0 Å². The summed E-state index contributed by atoms with van der Waals surface area (Å²) in [6.45, 7) is 6.48. The highest BCUT2D eigenvalue weighted by Gasteiger charge is 2.48. The standard InChI is InChI=1S/C27H29N3OS/c1-19-5-3-4-6-24(19)25(14-26(29-31)22-11-12-28-20(2)13-22)21-7-9-23(10-8-21)30-15-27(16-30)17-32-18-27/h3-13,25,31H,14-18H2,1-2H3/b29-26+/t25-/m1/s1. The number of nitrogens with zero attached hydrogens (tertiary/aromatic N) is 3. The monoisotopic (exact) mass is 443 g/mol. The summed E-state index contributed by atoms with van der Waals surface area (Å²) in [6.07, 6.45) is 2.39. The Balaban J connectivity index is 1.43. The van der Waals surface area contributed by atoms with Gasteiger partial charge < -0.3 is 10.1 Å². The number of hydrogen-bond acceptors (Lipinski definition) is 5. The second kappa shape index (κ2) is 8.62. The number of thioether (sulfide) groups is 1. The molecule has 0 bridgehead atoms. The lowest BCUT2D eigenvalue weighted by Crippen LogP contribution is -2.63. The van der Waals surface area contributed by atoms with Crippen LogP contribution in [-0.2, 0) is 0 Å². The van der Waals surface area contributed by atoms with Crippen molar-refractivity contribution in [1.82, 2.24) is 4.98 Å². The zero-order chi connectivity index (χ0) is 22.1. The quantitative estimate of drug-likeness (QED) is 0.304. The Morgan fingerprint density at radius 3 is 2.47 bits per heavy atom. The van der Waals surface area contributed by atoms with Crippen LogP contribution >= 0.6 is 11.8 Å². The fourth-order valence-electron chi connectivity index (χ4n) is 4.96. The minimum absolute atomic E-state index is 0.107. The Kier molecular flexibility index (Phi) is 5.68. The van der Waals surface area contributed by atoms with Gasteiger partial charge in [-0.15, -0.1) is 0 Å². The average Bonchev–Trinajstić information content (AvgIpc) is 2.74. The van der Waals surface area contributed by atoms with E-state index < -0.39 is 0 Å². The Hall–Kier alpha value is -2.79. The van der Waals surface area contributed by atoms with Gasteiger partial charge in [-0.05, 0) is 54.8 Å². The Morgan fingerprint density at radius 1 is 1.09 bits per heavy atom. The molecule has 4 nitrogen and oxygen atoms in total. The van der Waals surface area contributed by atoms with E-state index in [1.54, 1.807) is 6.20 Å². The van der Waals surface area contributed by atoms with Crippen molar-refractivity contribution in [3.63, 3.8) is 0 Å². The lowest BCUT2D eigenvalue weighted by Gasteiger charge is -2.56. The van der Waals surface area contributed by atoms with Gasteiger partial charge in [0, 0.05) is 65.5 Å². The second-order valence-electron chi connectivity index (χ2n) is 9.29. The van der Waals surface area contributed by atoms with Gasteiger partial charge in [-0.3, -0.25) is 4.98 Å².